The van der Waals surface area contributed by atoms with Gasteiger partial charge in [0, 0.05) is 18.1 Å². The van der Waals surface area contributed by atoms with Crippen molar-refractivity contribution in [2.75, 3.05) is 32.8 Å². The summed E-state index contributed by atoms with van der Waals surface area (Å²) in [6, 6.07) is 7.45. The van der Waals surface area contributed by atoms with Gasteiger partial charge in [-0.25, -0.2) is 0 Å². The number of nitrogens with zero attached hydrogens (tertiary/aromatic N) is 1. The second-order valence-electron chi connectivity index (χ2n) is 4.15. The molecule has 0 saturated carbocycles. The van der Waals surface area contributed by atoms with Gasteiger partial charge in [0.25, 0.3) is 0 Å². The summed E-state index contributed by atoms with van der Waals surface area (Å²) in [4.78, 5) is 2.37. The molecule has 1 aliphatic heterocycles. The lowest BCUT2D eigenvalue weighted by atomic mass is 10.3. The van der Waals surface area contributed by atoms with Crippen LogP contribution in [0, 0.1) is 0 Å². The first kappa shape index (κ1) is 12.7. The van der Waals surface area contributed by atoms with E-state index in [0.29, 0.717) is 11.6 Å². The fraction of sp³-hybridized carbons (Fsp3) is 0.538. The highest BCUT2D eigenvalue weighted by Gasteiger charge is 2.19. The lowest BCUT2D eigenvalue weighted by Crippen LogP contribution is -2.44. The molecule has 1 aliphatic rings. The summed E-state index contributed by atoms with van der Waals surface area (Å²) in [5, 5.41) is 0.697. The molecule has 1 unspecified atom stereocenters. The molecule has 94 valence electrons. The first-order valence-electron chi connectivity index (χ1n) is 6.00. The molecule has 1 aromatic carbocycles. The predicted octanol–water partition coefficient (Wildman–Crippen LogP) is 2.44. The van der Waals surface area contributed by atoms with Gasteiger partial charge in [0.05, 0.1) is 6.61 Å². The van der Waals surface area contributed by atoms with Crippen LogP contribution in [0.25, 0.3) is 0 Å². The molecule has 0 amide bonds. The number of likely N-dealkylation sites (N-methyl/N-ethyl adjacent to an activating group) is 1. The van der Waals surface area contributed by atoms with Crippen LogP contribution in [0.3, 0.4) is 0 Å². The number of rotatable bonds is 4. The second kappa shape index (κ2) is 6.24. The van der Waals surface area contributed by atoms with E-state index in [2.05, 4.69) is 11.8 Å². The highest BCUT2D eigenvalue weighted by Crippen LogP contribution is 2.17. The van der Waals surface area contributed by atoms with Gasteiger partial charge < -0.3 is 9.47 Å². The van der Waals surface area contributed by atoms with Crippen LogP contribution in [0.15, 0.2) is 24.3 Å². The Morgan fingerprint density at radius 2 is 2.41 bits per heavy atom. The first-order valence-corrected chi connectivity index (χ1v) is 6.38. The number of hydrogen-bond acceptors (Lipinski definition) is 3. The number of ether oxygens (including phenoxy) is 2. The van der Waals surface area contributed by atoms with Crippen LogP contribution in [0.5, 0.6) is 5.75 Å². The standard InChI is InChI=1S/C13H18ClNO2/c1-2-15-6-7-16-13(9-15)10-17-12-5-3-4-11(14)8-12/h3-5,8,13H,2,6-7,9-10H2,1H3. The average Bonchev–Trinajstić information content (AvgIpc) is 2.37. The molecule has 17 heavy (non-hydrogen) atoms. The smallest absolute Gasteiger partial charge is 0.120 e. The number of morpholine rings is 1. The van der Waals surface area contributed by atoms with Crippen molar-refractivity contribution in [2.45, 2.75) is 13.0 Å². The van der Waals surface area contributed by atoms with Gasteiger partial charge in [-0.2, -0.15) is 0 Å². The van der Waals surface area contributed by atoms with Gasteiger partial charge >= 0.3 is 0 Å². The summed E-state index contributed by atoms with van der Waals surface area (Å²) >= 11 is 5.89. The van der Waals surface area contributed by atoms with Crippen molar-refractivity contribution in [3.63, 3.8) is 0 Å². The highest BCUT2D eigenvalue weighted by molar-refractivity contribution is 6.30. The molecule has 0 spiro atoms. The molecule has 0 N–H and O–H groups in total. The van der Waals surface area contributed by atoms with Crippen molar-refractivity contribution in [1.29, 1.82) is 0 Å². The van der Waals surface area contributed by atoms with Crippen LogP contribution in [0.4, 0.5) is 0 Å². The average molecular weight is 256 g/mol. The summed E-state index contributed by atoms with van der Waals surface area (Å²) in [6.45, 7) is 6.56. The number of halogens is 1. The zero-order valence-electron chi connectivity index (χ0n) is 10.1. The molecule has 1 fully saturated rings. The Labute approximate surface area is 107 Å². The Morgan fingerprint density at radius 3 is 3.18 bits per heavy atom. The van der Waals surface area contributed by atoms with E-state index in [1.807, 2.05) is 24.3 Å². The van der Waals surface area contributed by atoms with Crippen molar-refractivity contribution in [3.8, 4) is 5.75 Å². The monoisotopic (exact) mass is 255 g/mol. The maximum atomic E-state index is 5.89. The van der Waals surface area contributed by atoms with Crippen LogP contribution in [0.1, 0.15) is 6.92 Å². The minimum absolute atomic E-state index is 0.155. The molecule has 4 heteroatoms. The minimum atomic E-state index is 0.155. The van der Waals surface area contributed by atoms with E-state index in [0.717, 1.165) is 32.0 Å². The predicted molar refractivity (Wildman–Crippen MR) is 68.8 cm³/mol. The van der Waals surface area contributed by atoms with E-state index in [1.165, 1.54) is 0 Å². The summed E-state index contributed by atoms with van der Waals surface area (Å²) in [5.74, 6) is 0.801. The fourth-order valence-corrected chi connectivity index (χ4v) is 2.09. The molecule has 0 radical (unpaired) electrons. The van der Waals surface area contributed by atoms with Gasteiger partial charge in [-0.15, -0.1) is 0 Å². The molecule has 0 bridgehead atoms. The molecule has 0 aliphatic carbocycles. The normalized spacial score (nSPS) is 21.4. The third-order valence-electron chi connectivity index (χ3n) is 2.90. The zero-order valence-corrected chi connectivity index (χ0v) is 10.8. The Morgan fingerprint density at radius 1 is 1.53 bits per heavy atom. The van der Waals surface area contributed by atoms with Crippen LogP contribution < -0.4 is 4.74 Å². The van der Waals surface area contributed by atoms with Crippen LogP contribution in [-0.2, 0) is 4.74 Å². The summed E-state index contributed by atoms with van der Waals surface area (Å²) in [5.41, 5.74) is 0. The Hall–Kier alpha value is -0.770. The molecule has 0 aromatic heterocycles. The third kappa shape index (κ3) is 3.87. The molecule has 3 nitrogen and oxygen atoms in total. The van der Waals surface area contributed by atoms with Crippen molar-refractivity contribution < 1.29 is 9.47 Å². The van der Waals surface area contributed by atoms with Crippen molar-refractivity contribution in [2.24, 2.45) is 0 Å². The maximum Gasteiger partial charge on any atom is 0.120 e. The Bertz CT molecular complexity index is 359. The summed E-state index contributed by atoms with van der Waals surface area (Å²) in [7, 11) is 0. The number of hydrogen-bond donors (Lipinski definition) is 0. The molecule has 1 aromatic rings. The van der Waals surface area contributed by atoms with Gasteiger partial charge in [0.2, 0.25) is 0 Å². The Kier molecular flexibility index (Phi) is 4.66. The van der Waals surface area contributed by atoms with Gasteiger partial charge in [0.1, 0.15) is 18.5 Å². The van der Waals surface area contributed by atoms with Crippen molar-refractivity contribution >= 4 is 11.6 Å². The maximum absolute atomic E-state index is 5.89. The van der Waals surface area contributed by atoms with Gasteiger partial charge in [0.15, 0.2) is 0 Å². The van der Waals surface area contributed by atoms with E-state index in [4.69, 9.17) is 21.1 Å². The van der Waals surface area contributed by atoms with E-state index < -0.39 is 0 Å². The van der Waals surface area contributed by atoms with Crippen LogP contribution in [-0.4, -0.2) is 43.9 Å². The Balaban J connectivity index is 1.81. The SMILES string of the molecule is CCN1CCOC(COc2cccc(Cl)c2)C1. The van der Waals surface area contributed by atoms with E-state index in [1.54, 1.807) is 0 Å². The van der Waals surface area contributed by atoms with Gasteiger partial charge in [-0.1, -0.05) is 24.6 Å². The molecule has 1 saturated heterocycles. The van der Waals surface area contributed by atoms with Gasteiger partial charge in [-0.05, 0) is 24.7 Å². The second-order valence-corrected chi connectivity index (χ2v) is 4.59. The molecular formula is C13H18ClNO2. The van der Waals surface area contributed by atoms with Crippen molar-refractivity contribution in [3.05, 3.63) is 29.3 Å². The quantitative estimate of drug-likeness (QED) is 0.825. The van der Waals surface area contributed by atoms with Crippen LogP contribution in [0.2, 0.25) is 5.02 Å². The summed E-state index contributed by atoms with van der Waals surface area (Å²) < 4.78 is 11.3. The lowest BCUT2D eigenvalue weighted by molar-refractivity contribution is -0.0464. The lowest BCUT2D eigenvalue weighted by Gasteiger charge is -2.31. The third-order valence-corrected chi connectivity index (χ3v) is 3.14. The molecule has 1 heterocycles. The van der Waals surface area contributed by atoms with Crippen LogP contribution >= 0.6 is 11.6 Å². The molecular weight excluding hydrogens is 238 g/mol. The largest absolute Gasteiger partial charge is 0.491 e. The molecule has 2 rings (SSSR count). The topological polar surface area (TPSA) is 21.7 Å². The van der Waals surface area contributed by atoms with Crippen molar-refractivity contribution in [1.82, 2.24) is 4.90 Å². The highest BCUT2D eigenvalue weighted by atomic mass is 35.5. The zero-order chi connectivity index (χ0) is 12.1. The summed E-state index contributed by atoms with van der Waals surface area (Å²) in [6.07, 6.45) is 0.155. The first-order chi connectivity index (χ1) is 8.28. The van der Waals surface area contributed by atoms with E-state index >= 15 is 0 Å². The fourth-order valence-electron chi connectivity index (χ4n) is 1.91. The number of benzene rings is 1. The minimum Gasteiger partial charge on any atom is -0.491 e. The van der Waals surface area contributed by atoms with Gasteiger partial charge in [-0.3, -0.25) is 4.90 Å². The molecule has 1 atom stereocenters. The van der Waals surface area contributed by atoms with E-state index in [9.17, 15) is 0 Å². The van der Waals surface area contributed by atoms with E-state index in [-0.39, 0.29) is 6.10 Å².